The Bertz CT molecular complexity index is 1570. The number of ether oxygens (including phenoxy) is 2. The molecule has 0 unspecified atom stereocenters. The lowest BCUT2D eigenvalue weighted by atomic mass is 10.1. The molecule has 4 aromatic carbocycles. The molecule has 4 aromatic rings. The minimum absolute atomic E-state index is 0.0225. The van der Waals surface area contributed by atoms with E-state index in [0.29, 0.717) is 22.9 Å². The maximum absolute atomic E-state index is 12.9. The maximum atomic E-state index is 12.9. The first kappa shape index (κ1) is 24.7. The Morgan fingerprint density at radius 2 is 0.825 bits per heavy atom. The molecule has 6 rings (SSSR count). The SMILES string of the molecule is O=C1c2ccc(OCCOc3ccc4c(c3)C(=O)N(c3ccc(O)cc3)C4=O)cc2C(=O)N1c1ccc(O)cc1. The van der Waals surface area contributed by atoms with Gasteiger partial charge in [0.25, 0.3) is 23.6 Å². The minimum Gasteiger partial charge on any atom is -0.508 e. The number of carbonyl (C=O) groups is 4. The highest BCUT2D eigenvalue weighted by Crippen LogP contribution is 2.33. The van der Waals surface area contributed by atoms with E-state index in [9.17, 15) is 29.4 Å². The normalized spacial score (nSPS) is 14.0. The number of amides is 4. The fourth-order valence-electron chi connectivity index (χ4n) is 4.61. The molecule has 0 atom stereocenters. The first-order valence-corrected chi connectivity index (χ1v) is 12.2. The number of fused-ring (bicyclic) bond motifs is 2. The number of hydrogen-bond acceptors (Lipinski definition) is 8. The molecule has 0 spiro atoms. The standard InChI is InChI=1S/C30H20N2O8/c33-19-5-1-17(2-6-19)31-27(35)23-11-9-21(15-25(23)29(31)37)39-13-14-40-22-10-12-24-26(16-22)30(38)32(28(24)36)18-3-7-20(34)8-4-18/h1-12,15-16,33-34H,13-14H2. The summed E-state index contributed by atoms with van der Waals surface area (Å²) in [5, 5.41) is 19.0. The van der Waals surface area contributed by atoms with Crippen molar-refractivity contribution < 1.29 is 38.9 Å². The number of rotatable bonds is 7. The van der Waals surface area contributed by atoms with Crippen molar-refractivity contribution in [2.45, 2.75) is 0 Å². The fourth-order valence-corrected chi connectivity index (χ4v) is 4.61. The quantitative estimate of drug-likeness (QED) is 0.266. The van der Waals surface area contributed by atoms with Gasteiger partial charge in [-0.05, 0) is 84.9 Å². The summed E-state index contributed by atoms with van der Waals surface area (Å²) < 4.78 is 11.4. The average Bonchev–Trinajstić information content (AvgIpc) is 3.35. The van der Waals surface area contributed by atoms with Gasteiger partial charge < -0.3 is 19.7 Å². The minimum atomic E-state index is -0.494. The van der Waals surface area contributed by atoms with E-state index in [2.05, 4.69) is 0 Å². The van der Waals surface area contributed by atoms with E-state index in [-0.39, 0.29) is 47.0 Å². The first-order valence-electron chi connectivity index (χ1n) is 12.2. The summed E-state index contributed by atoms with van der Waals surface area (Å²) >= 11 is 0. The van der Waals surface area contributed by atoms with Crippen LogP contribution in [0, 0.1) is 0 Å². The highest BCUT2D eigenvalue weighted by molar-refractivity contribution is 6.35. The number of phenols is 2. The van der Waals surface area contributed by atoms with Gasteiger partial charge in [-0.1, -0.05) is 0 Å². The van der Waals surface area contributed by atoms with Crippen LogP contribution in [-0.2, 0) is 0 Å². The van der Waals surface area contributed by atoms with E-state index in [1.807, 2.05) is 0 Å². The van der Waals surface area contributed by atoms with Crippen LogP contribution in [0.25, 0.3) is 0 Å². The molecular formula is C30H20N2O8. The molecular weight excluding hydrogens is 516 g/mol. The summed E-state index contributed by atoms with van der Waals surface area (Å²) in [6, 6.07) is 20.7. The van der Waals surface area contributed by atoms with Crippen molar-refractivity contribution in [1.82, 2.24) is 0 Å². The van der Waals surface area contributed by atoms with Crippen molar-refractivity contribution in [2.75, 3.05) is 23.0 Å². The van der Waals surface area contributed by atoms with E-state index < -0.39 is 23.6 Å². The van der Waals surface area contributed by atoms with Gasteiger partial charge in [0.2, 0.25) is 0 Å². The van der Waals surface area contributed by atoms with Crippen LogP contribution in [0.2, 0.25) is 0 Å². The molecule has 0 bridgehead atoms. The molecule has 198 valence electrons. The van der Waals surface area contributed by atoms with Gasteiger partial charge in [0.15, 0.2) is 0 Å². The zero-order chi connectivity index (χ0) is 28.0. The van der Waals surface area contributed by atoms with Gasteiger partial charge >= 0.3 is 0 Å². The van der Waals surface area contributed by atoms with Gasteiger partial charge in [-0.15, -0.1) is 0 Å². The predicted molar refractivity (Wildman–Crippen MR) is 142 cm³/mol. The van der Waals surface area contributed by atoms with Crippen LogP contribution >= 0.6 is 0 Å². The topological polar surface area (TPSA) is 134 Å². The van der Waals surface area contributed by atoms with Gasteiger partial charge in [-0.2, -0.15) is 0 Å². The molecule has 4 amide bonds. The Hall–Kier alpha value is -5.64. The van der Waals surface area contributed by atoms with E-state index in [0.717, 1.165) is 9.80 Å². The summed E-state index contributed by atoms with van der Waals surface area (Å²) in [4.78, 5) is 53.5. The lowest BCUT2D eigenvalue weighted by Gasteiger charge is -2.13. The zero-order valence-electron chi connectivity index (χ0n) is 20.7. The molecule has 2 aliphatic heterocycles. The smallest absolute Gasteiger partial charge is 0.266 e. The van der Waals surface area contributed by atoms with Gasteiger partial charge in [0.05, 0.1) is 33.6 Å². The number of nitrogens with zero attached hydrogens (tertiary/aromatic N) is 2. The van der Waals surface area contributed by atoms with Gasteiger partial charge in [0, 0.05) is 0 Å². The van der Waals surface area contributed by atoms with Crippen molar-refractivity contribution in [2.24, 2.45) is 0 Å². The number of phenolic OH excluding ortho intramolecular Hbond substituents is 2. The van der Waals surface area contributed by atoms with E-state index in [4.69, 9.17) is 9.47 Å². The third kappa shape index (κ3) is 4.17. The highest BCUT2D eigenvalue weighted by Gasteiger charge is 2.38. The molecule has 0 aliphatic carbocycles. The van der Waals surface area contributed by atoms with Crippen LogP contribution < -0.4 is 19.3 Å². The molecule has 0 fully saturated rings. The Morgan fingerprint density at radius 1 is 0.475 bits per heavy atom. The van der Waals surface area contributed by atoms with Crippen LogP contribution in [0.15, 0.2) is 84.9 Å². The van der Waals surface area contributed by atoms with Crippen LogP contribution in [0.5, 0.6) is 23.0 Å². The van der Waals surface area contributed by atoms with Crippen molar-refractivity contribution in [3.63, 3.8) is 0 Å². The lowest BCUT2D eigenvalue weighted by Crippen LogP contribution is -2.29. The number of anilines is 2. The first-order chi connectivity index (χ1) is 19.3. The van der Waals surface area contributed by atoms with E-state index >= 15 is 0 Å². The predicted octanol–water partition coefficient (Wildman–Crippen LogP) is 4.16. The van der Waals surface area contributed by atoms with Crippen LogP contribution in [0.1, 0.15) is 41.4 Å². The molecule has 2 aliphatic rings. The number of carbonyl (C=O) groups excluding carboxylic acids is 4. The summed E-state index contributed by atoms with van der Waals surface area (Å²) in [7, 11) is 0. The second kappa shape index (κ2) is 9.59. The fraction of sp³-hybridized carbons (Fsp3) is 0.0667. The molecule has 0 saturated heterocycles. The van der Waals surface area contributed by atoms with E-state index in [1.165, 1.54) is 72.8 Å². The molecule has 0 radical (unpaired) electrons. The number of aromatic hydroxyl groups is 2. The van der Waals surface area contributed by atoms with Gasteiger partial charge in [-0.25, -0.2) is 9.80 Å². The number of hydrogen-bond donors (Lipinski definition) is 2. The highest BCUT2D eigenvalue weighted by atomic mass is 16.5. The Morgan fingerprint density at radius 3 is 1.20 bits per heavy atom. The van der Waals surface area contributed by atoms with Crippen molar-refractivity contribution in [3.05, 3.63) is 107 Å². The van der Waals surface area contributed by atoms with Crippen LogP contribution in [-0.4, -0.2) is 47.1 Å². The third-order valence-electron chi connectivity index (χ3n) is 6.55. The molecule has 0 aromatic heterocycles. The summed E-state index contributed by atoms with van der Waals surface area (Å²) in [6.07, 6.45) is 0. The maximum Gasteiger partial charge on any atom is 0.266 e. The van der Waals surface area contributed by atoms with E-state index in [1.54, 1.807) is 12.1 Å². The largest absolute Gasteiger partial charge is 0.508 e. The molecule has 2 heterocycles. The van der Waals surface area contributed by atoms with Crippen molar-refractivity contribution in [1.29, 1.82) is 0 Å². The van der Waals surface area contributed by atoms with Gasteiger partial charge in [-0.3, -0.25) is 19.2 Å². The number of imide groups is 2. The lowest BCUT2D eigenvalue weighted by molar-refractivity contribution is 0.0910. The summed E-state index contributed by atoms with van der Waals surface area (Å²) in [5.41, 5.74) is 1.61. The van der Waals surface area contributed by atoms with Crippen LogP contribution in [0.4, 0.5) is 11.4 Å². The molecule has 2 N–H and O–H groups in total. The molecule has 10 heteroatoms. The summed E-state index contributed by atoms with van der Waals surface area (Å²) in [6.45, 7) is 0.207. The number of benzene rings is 4. The second-order valence-electron chi connectivity index (χ2n) is 9.04. The molecule has 10 nitrogen and oxygen atoms in total. The molecule has 0 saturated carbocycles. The average molecular weight is 536 g/mol. The Balaban J connectivity index is 1.09. The Labute approximate surface area is 227 Å². The summed E-state index contributed by atoms with van der Waals surface area (Å²) in [5.74, 6) is -1.13. The Kier molecular flexibility index (Phi) is 5.92. The third-order valence-corrected chi connectivity index (χ3v) is 6.55. The van der Waals surface area contributed by atoms with Gasteiger partial charge in [0.1, 0.15) is 36.2 Å². The van der Waals surface area contributed by atoms with Crippen LogP contribution in [0.3, 0.4) is 0 Å². The van der Waals surface area contributed by atoms with Crippen molar-refractivity contribution >= 4 is 35.0 Å². The monoisotopic (exact) mass is 536 g/mol. The van der Waals surface area contributed by atoms with Crippen molar-refractivity contribution in [3.8, 4) is 23.0 Å². The molecule has 40 heavy (non-hydrogen) atoms. The zero-order valence-corrected chi connectivity index (χ0v) is 20.7. The second-order valence-corrected chi connectivity index (χ2v) is 9.04.